The molecule has 1 saturated heterocycles. The van der Waals surface area contributed by atoms with Crippen molar-refractivity contribution in [1.29, 1.82) is 0 Å². The average molecular weight is 429 g/mol. The van der Waals surface area contributed by atoms with Gasteiger partial charge in [-0.05, 0) is 32.0 Å². The van der Waals surface area contributed by atoms with Crippen LogP contribution in [0, 0.1) is 11.7 Å². The van der Waals surface area contributed by atoms with Crippen molar-refractivity contribution in [3.8, 4) is 11.5 Å². The molecule has 0 aliphatic carbocycles. The van der Waals surface area contributed by atoms with Gasteiger partial charge in [0.1, 0.15) is 17.6 Å². The largest absolute Gasteiger partial charge is 0.434 e. The van der Waals surface area contributed by atoms with E-state index in [1.165, 1.54) is 0 Å². The Morgan fingerprint density at radius 3 is 2.64 bits per heavy atom. The SMILES string of the molecule is CC(Nc1cc(-c2n[nH]c(=O)o2)cc(F)c1C(F)(F)F)[C@H]1CCNC[C@H]1F.Cl. The van der Waals surface area contributed by atoms with Gasteiger partial charge in [-0.15, -0.1) is 17.5 Å². The first-order valence-corrected chi connectivity index (χ1v) is 8.24. The summed E-state index contributed by atoms with van der Waals surface area (Å²) in [7, 11) is 0. The van der Waals surface area contributed by atoms with Gasteiger partial charge in [0, 0.05) is 24.1 Å². The third-order valence-electron chi connectivity index (χ3n) is 4.54. The summed E-state index contributed by atoms with van der Waals surface area (Å²) >= 11 is 0. The van der Waals surface area contributed by atoms with Crippen LogP contribution < -0.4 is 16.4 Å². The van der Waals surface area contributed by atoms with Crippen LogP contribution in [0.3, 0.4) is 0 Å². The Balaban J connectivity index is 0.00000280. The van der Waals surface area contributed by atoms with E-state index in [2.05, 4.69) is 20.1 Å². The lowest BCUT2D eigenvalue weighted by molar-refractivity contribution is -0.139. The third kappa shape index (κ3) is 4.64. The van der Waals surface area contributed by atoms with E-state index in [1.54, 1.807) is 6.92 Å². The number of hydrogen-bond donors (Lipinski definition) is 3. The molecule has 28 heavy (non-hydrogen) atoms. The number of hydrogen-bond acceptors (Lipinski definition) is 5. The number of aromatic nitrogens is 2. The van der Waals surface area contributed by atoms with E-state index in [4.69, 9.17) is 0 Å². The number of halogens is 6. The molecule has 0 bridgehead atoms. The molecule has 6 nitrogen and oxygen atoms in total. The molecule has 12 heteroatoms. The molecule has 2 heterocycles. The number of rotatable bonds is 4. The van der Waals surface area contributed by atoms with Crippen molar-refractivity contribution < 1.29 is 26.4 Å². The highest BCUT2D eigenvalue weighted by Gasteiger charge is 2.39. The van der Waals surface area contributed by atoms with E-state index < -0.39 is 47.1 Å². The Bertz CT molecular complexity index is 869. The maximum atomic E-state index is 14.3. The highest BCUT2D eigenvalue weighted by Crippen LogP contribution is 2.40. The first-order valence-electron chi connectivity index (χ1n) is 8.24. The summed E-state index contributed by atoms with van der Waals surface area (Å²) in [5, 5.41) is 10.9. The Labute approximate surface area is 162 Å². The van der Waals surface area contributed by atoms with E-state index in [0.717, 1.165) is 6.07 Å². The number of alkyl halides is 4. The van der Waals surface area contributed by atoms with E-state index in [0.29, 0.717) is 19.0 Å². The number of anilines is 1. The molecule has 1 aromatic carbocycles. The summed E-state index contributed by atoms with van der Waals surface area (Å²) in [6.07, 6.45) is -5.79. The van der Waals surface area contributed by atoms with Crippen molar-refractivity contribution >= 4 is 18.1 Å². The second-order valence-electron chi connectivity index (χ2n) is 6.40. The minimum Gasteiger partial charge on any atom is -0.388 e. The van der Waals surface area contributed by atoms with Crippen molar-refractivity contribution in [2.75, 3.05) is 18.4 Å². The van der Waals surface area contributed by atoms with E-state index >= 15 is 0 Å². The predicted octanol–water partition coefficient (Wildman–Crippen LogP) is 3.36. The number of H-pyrrole nitrogens is 1. The van der Waals surface area contributed by atoms with Gasteiger partial charge in [0.2, 0.25) is 5.89 Å². The molecule has 3 atom stereocenters. The van der Waals surface area contributed by atoms with Crippen LogP contribution in [-0.4, -0.2) is 35.5 Å². The third-order valence-corrected chi connectivity index (χ3v) is 4.54. The smallest absolute Gasteiger partial charge is 0.388 e. The number of aromatic amines is 1. The summed E-state index contributed by atoms with van der Waals surface area (Å²) in [6.45, 7) is 2.19. The molecule has 1 unspecified atom stereocenters. The number of piperidine rings is 1. The first kappa shape index (κ1) is 22.2. The van der Waals surface area contributed by atoms with E-state index in [9.17, 15) is 26.7 Å². The van der Waals surface area contributed by atoms with Crippen LogP contribution >= 0.6 is 12.4 Å². The van der Waals surface area contributed by atoms with Gasteiger partial charge >= 0.3 is 11.9 Å². The van der Waals surface area contributed by atoms with Crippen LogP contribution in [0.25, 0.3) is 11.5 Å². The molecule has 3 rings (SSSR count). The summed E-state index contributed by atoms with van der Waals surface area (Å²) in [5.74, 6) is -3.37. The van der Waals surface area contributed by atoms with Crippen molar-refractivity contribution in [3.05, 3.63) is 34.1 Å². The minimum absolute atomic E-state index is 0. The summed E-state index contributed by atoms with van der Waals surface area (Å²) in [5.41, 5.74) is -2.22. The molecule has 3 N–H and O–H groups in total. The second-order valence-corrected chi connectivity index (χ2v) is 6.40. The highest BCUT2D eigenvalue weighted by molar-refractivity contribution is 5.85. The van der Waals surface area contributed by atoms with Crippen molar-refractivity contribution in [3.63, 3.8) is 0 Å². The van der Waals surface area contributed by atoms with E-state index in [-0.39, 0.29) is 30.4 Å². The quantitative estimate of drug-likeness (QED) is 0.650. The lowest BCUT2D eigenvalue weighted by Gasteiger charge is -2.33. The van der Waals surface area contributed by atoms with Gasteiger partial charge < -0.3 is 15.1 Å². The zero-order chi connectivity index (χ0) is 19.8. The first-order chi connectivity index (χ1) is 12.7. The van der Waals surface area contributed by atoms with Crippen LogP contribution in [0.4, 0.5) is 27.6 Å². The number of benzene rings is 1. The van der Waals surface area contributed by atoms with Gasteiger partial charge in [0.15, 0.2) is 0 Å². The Morgan fingerprint density at radius 2 is 2.07 bits per heavy atom. The summed E-state index contributed by atoms with van der Waals surface area (Å²) in [6, 6.07) is 0.875. The second kappa shape index (κ2) is 8.48. The average Bonchev–Trinajstić information content (AvgIpc) is 3.00. The topological polar surface area (TPSA) is 83.0 Å². The maximum absolute atomic E-state index is 14.3. The normalized spacial score (nSPS) is 21.1. The van der Waals surface area contributed by atoms with E-state index in [1.807, 2.05) is 5.10 Å². The zero-order valence-corrected chi connectivity index (χ0v) is 15.4. The summed E-state index contributed by atoms with van der Waals surface area (Å²) in [4.78, 5) is 11.1. The highest BCUT2D eigenvalue weighted by atomic mass is 35.5. The number of nitrogens with zero attached hydrogens (tertiary/aromatic N) is 1. The van der Waals surface area contributed by atoms with Crippen LogP contribution in [0.2, 0.25) is 0 Å². The fourth-order valence-corrected chi connectivity index (χ4v) is 3.24. The molecule has 2 aromatic rings. The molecular weight excluding hydrogens is 411 g/mol. The van der Waals surface area contributed by atoms with Gasteiger partial charge in [0.25, 0.3) is 0 Å². The van der Waals surface area contributed by atoms with Gasteiger partial charge in [-0.25, -0.2) is 18.7 Å². The molecular formula is C16H18ClF5N4O2. The van der Waals surface area contributed by atoms with Crippen LogP contribution in [0.15, 0.2) is 21.3 Å². The fraction of sp³-hybridized carbons (Fsp3) is 0.500. The molecule has 1 aromatic heterocycles. The van der Waals surface area contributed by atoms with Gasteiger partial charge in [-0.3, -0.25) is 0 Å². The van der Waals surface area contributed by atoms with Gasteiger partial charge in [-0.1, -0.05) is 0 Å². The monoisotopic (exact) mass is 428 g/mol. The molecule has 0 amide bonds. The maximum Gasteiger partial charge on any atom is 0.434 e. The van der Waals surface area contributed by atoms with Crippen molar-refractivity contribution in [1.82, 2.24) is 15.5 Å². The fourth-order valence-electron chi connectivity index (χ4n) is 3.24. The molecule has 0 radical (unpaired) electrons. The van der Waals surface area contributed by atoms with Gasteiger partial charge in [0.05, 0.1) is 5.69 Å². The standard InChI is InChI=1S/C16H17F5N4O2.ClH/c1-7(9-2-3-22-6-11(9)18)23-12-5-8(14-24-25-15(26)27-14)4-10(17)13(12)16(19,20)21;/h4-5,7,9,11,22-23H,2-3,6H2,1H3,(H,25,26);1H/t7?,9-,11-;/m1./s1. The Morgan fingerprint density at radius 1 is 1.36 bits per heavy atom. The van der Waals surface area contributed by atoms with Crippen molar-refractivity contribution in [2.45, 2.75) is 31.7 Å². The lowest BCUT2D eigenvalue weighted by atomic mass is 9.89. The predicted molar refractivity (Wildman–Crippen MR) is 93.7 cm³/mol. The lowest BCUT2D eigenvalue weighted by Crippen LogP contribution is -2.44. The minimum atomic E-state index is -4.97. The summed E-state index contributed by atoms with van der Waals surface area (Å²) < 4.78 is 73.1. The molecule has 0 spiro atoms. The van der Waals surface area contributed by atoms with Crippen molar-refractivity contribution in [2.24, 2.45) is 5.92 Å². The molecule has 1 aliphatic rings. The number of nitrogens with one attached hydrogen (secondary N) is 3. The Kier molecular flexibility index (Phi) is 6.71. The van der Waals surface area contributed by atoms with Crippen LogP contribution in [-0.2, 0) is 6.18 Å². The van der Waals surface area contributed by atoms with Gasteiger partial charge in [-0.2, -0.15) is 13.2 Å². The molecule has 156 valence electrons. The van der Waals surface area contributed by atoms with Crippen LogP contribution in [0.1, 0.15) is 18.9 Å². The Hall–Kier alpha value is -2.14. The molecule has 1 fully saturated rings. The molecule has 0 saturated carbocycles. The zero-order valence-electron chi connectivity index (χ0n) is 14.6. The van der Waals surface area contributed by atoms with Crippen LogP contribution in [0.5, 0.6) is 0 Å². The molecule has 1 aliphatic heterocycles.